The first-order valence-electron chi connectivity index (χ1n) is 10.9. The number of rotatable bonds is 5. The summed E-state index contributed by atoms with van der Waals surface area (Å²) in [6.45, 7) is 4.16. The maximum Gasteiger partial charge on any atom is 0.421 e. The van der Waals surface area contributed by atoms with Gasteiger partial charge in [-0.2, -0.15) is 18.3 Å². The fraction of sp³-hybridized carbons (Fsp3) is 0.545. The van der Waals surface area contributed by atoms with Gasteiger partial charge < -0.3 is 23.9 Å². The van der Waals surface area contributed by atoms with Gasteiger partial charge in [-0.05, 0) is 31.4 Å². The summed E-state index contributed by atoms with van der Waals surface area (Å²) < 4.78 is 66.1. The number of aryl methyl sites for hydroxylation is 1. The van der Waals surface area contributed by atoms with E-state index in [4.69, 9.17) is 18.6 Å². The highest BCUT2D eigenvalue weighted by molar-refractivity contribution is 6.10. The largest absolute Gasteiger partial charge is 0.450 e. The second-order valence-corrected chi connectivity index (χ2v) is 8.40. The molecule has 0 unspecified atom stereocenters. The maximum absolute atomic E-state index is 14.2. The van der Waals surface area contributed by atoms with Crippen LogP contribution in [-0.2, 0) is 26.9 Å². The summed E-state index contributed by atoms with van der Waals surface area (Å²) in [5, 5.41) is 7.28. The molecule has 8 nitrogen and oxygen atoms in total. The van der Waals surface area contributed by atoms with Crippen LogP contribution in [0.1, 0.15) is 34.5 Å². The minimum absolute atomic E-state index is 0.0305. The van der Waals surface area contributed by atoms with Gasteiger partial charge in [0.1, 0.15) is 22.8 Å². The molecule has 2 aliphatic heterocycles. The van der Waals surface area contributed by atoms with E-state index in [0.29, 0.717) is 43.9 Å². The zero-order chi connectivity index (χ0) is 23.2. The van der Waals surface area contributed by atoms with E-state index in [0.717, 1.165) is 12.8 Å². The van der Waals surface area contributed by atoms with E-state index < -0.39 is 23.4 Å². The number of alkyl halides is 3. The lowest BCUT2D eigenvalue weighted by Gasteiger charge is -2.22. The topological polar surface area (TPSA) is 87.8 Å². The molecular formula is C22H24F3N3O5. The fourth-order valence-corrected chi connectivity index (χ4v) is 4.42. The average Bonchev–Trinajstić information content (AvgIpc) is 3.50. The normalized spacial score (nSPS) is 21.8. The molecular weight excluding hydrogens is 443 g/mol. The van der Waals surface area contributed by atoms with Crippen LogP contribution >= 0.6 is 0 Å². The SMILES string of the molecule is Cc1cc2oc(C(=O)NC[C@@H]3CCCO3)c(C(F)(F)F)c2c2nn(C[C@H]3COCCO3)cc12. The van der Waals surface area contributed by atoms with Crippen molar-refractivity contribution >= 4 is 27.8 Å². The molecule has 5 rings (SSSR count). The molecule has 1 aromatic carbocycles. The van der Waals surface area contributed by atoms with Crippen molar-refractivity contribution in [1.29, 1.82) is 0 Å². The fourth-order valence-electron chi connectivity index (χ4n) is 4.42. The maximum atomic E-state index is 14.2. The number of fused-ring (bicyclic) bond motifs is 3. The van der Waals surface area contributed by atoms with E-state index in [1.165, 1.54) is 6.07 Å². The number of amides is 1. The highest BCUT2D eigenvalue weighted by Gasteiger charge is 2.42. The molecule has 33 heavy (non-hydrogen) atoms. The van der Waals surface area contributed by atoms with E-state index in [2.05, 4.69) is 10.4 Å². The number of ether oxygens (including phenoxy) is 3. The van der Waals surface area contributed by atoms with Crippen LogP contribution < -0.4 is 5.32 Å². The lowest BCUT2D eigenvalue weighted by molar-refractivity contribution is -0.137. The van der Waals surface area contributed by atoms with Crippen LogP contribution in [0.3, 0.4) is 0 Å². The number of hydrogen-bond acceptors (Lipinski definition) is 6. The lowest BCUT2D eigenvalue weighted by atomic mass is 10.0. The molecule has 0 saturated carbocycles. The van der Waals surface area contributed by atoms with Gasteiger partial charge in [-0.3, -0.25) is 9.48 Å². The van der Waals surface area contributed by atoms with Gasteiger partial charge in [-0.15, -0.1) is 0 Å². The number of aromatic nitrogens is 2. The Hall–Kier alpha value is -2.63. The molecule has 0 radical (unpaired) electrons. The predicted molar refractivity (Wildman–Crippen MR) is 111 cm³/mol. The first-order chi connectivity index (χ1) is 15.8. The van der Waals surface area contributed by atoms with Crippen molar-refractivity contribution in [3.8, 4) is 0 Å². The number of carbonyl (C=O) groups excluding carboxylic acids is 1. The zero-order valence-corrected chi connectivity index (χ0v) is 18.0. The van der Waals surface area contributed by atoms with Gasteiger partial charge in [0.25, 0.3) is 5.91 Å². The number of furan rings is 1. The second-order valence-electron chi connectivity index (χ2n) is 8.40. The number of halogens is 3. The van der Waals surface area contributed by atoms with Gasteiger partial charge in [-0.25, -0.2) is 0 Å². The average molecular weight is 467 g/mol. The Kier molecular flexibility index (Phi) is 5.79. The highest BCUT2D eigenvalue weighted by atomic mass is 19.4. The monoisotopic (exact) mass is 467 g/mol. The van der Waals surface area contributed by atoms with Gasteiger partial charge in [0.2, 0.25) is 5.76 Å². The smallest absolute Gasteiger partial charge is 0.421 e. The minimum Gasteiger partial charge on any atom is -0.450 e. The van der Waals surface area contributed by atoms with Crippen molar-refractivity contribution in [3.05, 3.63) is 29.2 Å². The first kappa shape index (κ1) is 22.2. The van der Waals surface area contributed by atoms with Crippen LogP contribution in [0, 0.1) is 6.92 Å². The number of nitrogens with zero attached hydrogens (tertiary/aromatic N) is 2. The summed E-state index contributed by atoms with van der Waals surface area (Å²) in [5.41, 5.74) is -0.318. The molecule has 0 spiro atoms. The number of benzene rings is 1. The summed E-state index contributed by atoms with van der Waals surface area (Å²) in [6.07, 6.45) is -1.96. The number of nitrogens with one attached hydrogen (secondary N) is 1. The van der Waals surface area contributed by atoms with Crippen molar-refractivity contribution in [1.82, 2.24) is 15.1 Å². The predicted octanol–water partition coefficient (Wildman–Crippen LogP) is 3.43. The Bertz CT molecular complexity index is 1170. The molecule has 2 atom stereocenters. The molecule has 2 aromatic heterocycles. The molecule has 0 bridgehead atoms. The van der Waals surface area contributed by atoms with Crippen molar-refractivity contribution in [2.24, 2.45) is 0 Å². The molecule has 2 aliphatic rings. The van der Waals surface area contributed by atoms with Crippen LogP contribution in [0.2, 0.25) is 0 Å². The van der Waals surface area contributed by atoms with Crippen LogP contribution in [0.4, 0.5) is 13.2 Å². The zero-order valence-electron chi connectivity index (χ0n) is 18.0. The molecule has 4 heterocycles. The third-order valence-electron chi connectivity index (χ3n) is 5.99. The molecule has 1 amide bonds. The van der Waals surface area contributed by atoms with Crippen molar-refractivity contribution in [2.75, 3.05) is 33.0 Å². The van der Waals surface area contributed by atoms with E-state index in [-0.39, 0.29) is 35.2 Å². The Balaban J connectivity index is 1.55. The van der Waals surface area contributed by atoms with Crippen LogP contribution in [0.15, 0.2) is 16.7 Å². The molecule has 2 saturated heterocycles. The molecule has 2 fully saturated rings. The quantitative estimate of drug-likeness (QED) is 0.619. The number of carbonyl (C=O) groups is 1. The molecule has 3 aromatic rings. The Morgan fingerprint density at radius 1 is 1.24 bits per heavy atom. The van der Waals surface area contributed by atoms with Gasteiger partial charge in [-0.1, -0.05) is 0 Å². The molecule has 1 N–H and O–H groups in total. The Morgan fingerprint density at radius 3 is 2.76 bits per heavy atom. The lowest BCUT2D eigenvalue weighted by Crippen LogP contribution is -2.32. The van der Waals surface area contributed by atoms with E-state index >= 15 is 0 Å². The van der Waals surface area contributed by atoms with Crippen molar-refractivity contribution < 1.29 is 36.6 Å². The third kappa shape index (κ3) is 4.32. The standard InChI is InChI=1S/C22H24F3N3O5/c1-12-7-16-17(19-15(12)10-28(27-19)9-14-11-30-5-6-32-14)18(22(23,24)25)20(33-16)21(29)26-8-13-3-2-4-31-13/h7,10,13-14H,2-6,8-9,11H2,1H3,(H,26,29)/t13-,14-/m0/s1. The van der Waals surface area contributed by atoms with E-state index in [1.807, 2.05) is 0 Å². The Labute approximate surface area is 186 Å². The second kappa shape index (κ2) is 8.62. The summed E-state index contributed by atoms with van der Waals surface area (Å²) in [4.78, 5) is 12.7. The third-order valence-corrected chi connectivity index (χ3v) is 5.99. The van der Waals surface area contributed by atoms with E-state index in [9.17, 15) is 18.0 Å². The summed E-state index contributed by atoms with van der Waals surface area (Å²) in [5.74, 6) is -1.69. The van der Waals surface area contributed by atoms with Gasteiger partial charge >= 0.3 is 6.18 Å². The first-order valence-corrected chi connectivity index (χ1v) is 10.9. The van der Waals surface area contributed by atoms with Gasteiger partial charge in [0, 0.05) is 24.7 Å². The molecule has 0 aliphatic carbocycles. The molecule has 11 heteroatoms. The summed E-state index contributed by atoms with van der Waals surface area (Å²) in [6, 6.07) is 1.51. The highest BCUT2D eigenvalue weighted by Crippen LogP contribution is 2.43. The van der Waals surface area contributed by atoms with Crippen molar-refractivity contribution in [2.45, 2.75) is 44.7 Å². The summed E-state index contributed by atoms with van der Waals surface area (Å²) in [7, 11) is 0. The minimum atomic E-state index is -4.81. The van der Waals surface area contributed by atoms with Crippen LogP contribution in [-0.4, -0.2) is 60.9 Å². The Morgan fingerprint density at radius 2 is 2.06 bits per heavy atom. The van der Waals surface area contributed by atoms with Crippen LogP contribution in [0.25, 0.3) is 21.9 Å². The van der Waals surface area contributed by atoms with Crippen molar-refractivity contribution in [3.63, 3.8) is 0 Å². The summed E-state index contributed by atoms with van der Waals surface area (Å²) >= 11 is 0. The molecule has 178 valence electrons. The number of hydrogen-bond donors (Lipinski definition) is 1. The van der Waals surface area contributed by atoms with Gasteiger partial charge in [0.05, 0.1) is 37.9 Å². The van der Waals surface area contributed by atoms with E-state index in [1.54, 1.807) is 17.8 Å². The van der Waals surface area contributed by atoms with Gasteiger partial charge in [0.15, 0.2) is 0 Å². The van der Waals surface area contributed by atoms with Crippen LogP contribution in [0.5, 0.6) is 0 Å².